The maximum atomic E-state index is 13.6. The van der Waals surface area contributed by atoms with Crippen LogP contribution >= 0.6 is 11.3 Å². The van der Waals surface area contributed by atoms with Gasteiger partial charge in [-0.05, 0) is 60.7 Å². The number of rotatable bonds is 12. The molecule has 6 nitrogen and oxygen atoms in total. The van der Waals surface area contributed by atoms with Gasteiger partial charge in [0.05, 0.1) is 25.8 Å². The molecular weight excluding hydrogens is 436 g/mol. The largest absolute Gasteiger partial charge is 0.493 e. The van der Waals surface area contributed by atoms with Gasteiger partial charge in [-0.2, -0.15) is 0 Å². The molecule has 4 rings (SSSR count). The van der Waals surface area contributed by atoms with Crippen molar-refractivity contribution in [3.63, 3.8) is 0 Å². The lowest BCUT2D eigenvalue weighted by molar-refractivity contribution is -0.136. The Morgan fingerprint density at radius 3 is 2.79 bits per heavy atom. The lowest BCUT2D eigenvalue weighted by Crippen LogP contribution is -2.48. The van der Waals surface area contributed by atoms with E-state index >= 15 is 0 Å². The number of nitrogens with zero attached hydrogens (tertiary/aromatic N) is 2. The Labute approximate surface area is 201 Å². The summed E-state index contributed by atoms with van der Waals surface area (Å²) in [6.45, 7) is 4.97. The molecule has 1 aliphatic carbocycles. The minimum absolute atomic E-state index is 0.116. The number of para-hydroxylation sites is 2. The molecule has 1 fully saturated rings. The molecule has 1 aromatic carbocycles. The summed E-state index contributed by atoms with van der Waals surface area (Å²) in [7, 11) is 1.64. The van der Waals surface area contributed by atoms with Crippen molar-refractivity contribution in [2.24, 2.45) is 5.92 Å². The molecule has 2 aromatic rings. The molecule has 1 N–H and O–H groups in total. The van der Waals surface area contributed by atoms with E-state index in [0.29, 0.717) is 43.7 Å². The zero-order valence-electron chi connectivity index (χ0n) is 19.7. The average Bonchev–Trinajstić information content (AvgIpc) is 3.49. The van der Waals surface area contributed by atoms with Gasteiger partial charge in [-0.25, -0.2) is 0 Å². The van der Waals surface area contributed by atoms with Gasteiger partial charge < -0.3 is 19.5 Å². The average molecular weight is 473 g/mol. The zero-order valence-corrected chi connectivity index (χ0v) is 20.6. The standard InChI is InChI=1S/C26H36N2O4S/c1-3-6-20(29)16-27(15-19-9-10-19)17-26(30)28-13-11-25-21(12-14-33-25)22(28)18-32-24-8-5-4-7-23(24)31-2/h4-5,7-8,12,14,19-20,22,29H,3,6,9-11,13,15-18H2,1-2H3/t20-,22-/m1/s1. The molecule has 0 spiro atoms. The number of ether oxygens (including phenoxy) is 2. The van der Waals surface area contributed by atoms with E-state index in [-0.39, 0.29) is 18.1 Å². The molecule has 1 saturated carbocycles. The maximum absolute atomic E-state index is 13.6. The first-order valence-electron chi connectivity index (χ1n) is 12.1. The Hall–Kier alpha value is -2.09. The van der Waals surface area contributed by atoms with E-state index in [9.17, 15) is 9.90 Å². The Morgan fingerprint density at radius 1 is 1.27 bits per heavy atom. The normalized spacial score (nSPS) is 18.8. The Kier molecular flexibility index (Phi) is 8.28. The summed E-state index contributed by atoms with van der Waals surface area (Å²) in [5, 5.41) is 12.5. The second-order valence-corrected chi connectivity index (χ2v) is 10.2. The van der Waals surface area contributed by atoms with Crippen LogP contribution in [0.15, 0.2) is 35.7 Å². The fourth-order valence-corrected chi connectivity index (χ4v) is 5.58. The number of hydrogen-bond acceptors (Lipinski definition) is 6. The summed E-state index contributed by atoms with van der Waals surface area (Å²) < 4.78 is 11.6. The maximum Gasteiger partial charge on any atom is 0.237 e. The first kappa shape index (κ1) is 24.0. The third-order valence-electron chi connectivity index (χ3n) is 6.54. The van der Waals surface area contributed by atoms with E-state index in [4.69, 9.17) is 9.47 Å². The molecule has 33 heavy (non-hydrogen) atoms. The molecular formula is C26H36N2O4S. The molecule has 2 atom stereocenters. The highest BCUT2D eigenvalue weighted by molar-refractivity contribution is 7.10. The second kappa shape index (κ2) is 11.4. The summed E-state index contributed by atoms with van der Waals surface area (Å²) in [5.74, 6) is 2.16. The van der Waals surface area contributed by atoms with Gasteiger partial charge in [0.25, 0.3) is 0 Å². The number of carbonyl (C=O) groups is 1. The van der Waals surface area contributed by atoms with Crippen molar-refractivity contribution < 1.29 is 19.4 Å². The van der Waals surface area contributed by atoms with Crippen LogP contribution < -0.4 is 9.47 Å². The van der Waals surface area contributed by atoms with Crippen molar-refractivity contribution in [1.29, 1.82) is 0 Å². The lowest BCUT2D eigenvalue weighted by Gasteiger charge is -2.37. The fraction of sp³-hybridized carbons (Fsp3) is 0.577. The number of aliphatic hydroxyl groups is 1. The van der Waals surface area contributed by atoms with Crippen LogP contribution in [0.4, 0.5) is 0 Å². The molecule has 1 aromatic heterocycles. The smallest absolute Gasteiger partial charge is 0.237 e. The SMILES string of the molecule is CCC[C@@H](O)CN(CC(=O)N1CCc2sccc2[C@H]1COc1ccccc1OC)CC1CC1. The first-order valence-corrected chi connectivity index (χ1v) is 13.0. The minimum atomic E-state index is -0.379. The van der Waals surface area contributed by atoms with Gasteiger partial charge in [0, 0.05) is 24.5 Å². The Bertz CT molecular complexity index is 913. The van der Waals surface area contributed by atoms with Gasteiger partial charge in [0.1, 0.15) is 6.61 Å². The highest BCUT2D eigenvalue weighted by Gasteiger charge is 2.34. The van der Waals surface area contributed by atoms with Crippen LogP contribution in [-0.2, 0) is 11.2 Å². The van der Waals surface area contributed by atoms with Crippen molar-refractivity contribution >= 4 is 17.2 Å². The van der Waals surface area contributed by atoms with Crippen molar-refractivity contribution in [2.45, 2.75) is 51.2 Å². The van der Waals surface area contributed by atoms with E-state index in [1.807, 2.05) is 29.2 Å². The molecule has 180 valence electrons. The van der Waals surface area contributed by atoms with Crippen LogP contribution in [0.25, 0.3) is 0 Å². The van der Waals surface area contributed by atoms with E-state index in [2.05, 4.69) is 23.3 Å². The van der Waals surface area contributed by atoms with Crippen LogP contribution in [0.1, 0.15) is 49.1 Å². The first-order chi connectivity index (χ1) is 16.1. The number of carbonyl (C=O) groups excluding carboxylic acids is 1. The van der Waals surface area contributed by atoms with E-state index in [1.54, 1.807) is 18.4 Å². The third-order valence-corrected chi connectivity index (χ3v) is 7.54. The Balaban J connectivity index is 1.47. The highest BCUT2D eigenvalue weighted by Crippen LogP contribution is 2.35. The molecule has 2 aliphatic rings. The summed E-state index contributed by atoms with van der Waals surface area (Å²) in [6.07, 6.45) is 4.67. The summed E-state index contributed by atoms with van der Waals surface area (Å²) in [4.78, 5) is 19.0. The van der Waals surface area contributed by atoms with Gasteiger partial charge >= 0.3 is 0 Å². The monoisotopic (exact) mass is 472 g/mol. The lowest BCUT2D eigenvalue weighted by atomic mass is 10.0. The topological polar surface area (TPSA) is 62.2 Å². The third kappa shape index (κ3) is 6.28. The molecule has 0 radical (unpaired) electrons. The van der Waals surface area contributed by atoms with Gasteiger partial charge in [-0.15, -0.1) is 11.3 Å². The summed E-state index contributed by atoms with van der Waals surface area (Å²) >= 11 is 1.75. The Morgan fingerprint density at radius 2 is 2.06 bits per heavy atom. The highest BCUT2D eigenvalue weighted by atomic mass is 32.1. The van der Waals surface area contributed by atoms with Crippen molar-refractivity contribution in [3.8, 4) is 11.5 Å². The number of aliphatic hydroxyl groups excluding tert-OH is 1. The molecule has 2 heterocycles. The number of benzene rings is 1. The van der Waals surface area contributed by atoms with Crippen molar-refractivity contribution in [1.82, 2.24) is 9.80 Å². The number of hydrogen-bond donors (Lipinski definition) is 1. The zero-order chi connectivity index (χ0) is 23.2. The number of methoxy groups -OCH3 is 1. The fourth-order valence-electron chi connectivity index (χ4n) is 4.66. The van der Waals surface area contributed by atoms with Crippen LogP contribution in [0.3, 0.4) is 0 Å². The number of fused-ring (bicyclic) bond motifs is 1. The molecule has 0 unspecified atom stereocenters. The van der Waals surface area contributed by atoms with Crippen LogP contribution in [0, 0.1) is 5.92 Å². The van der Waals surface area contributed by atoms with Crippen molar-refractivity contribution in [2.75, 3.05) is 39.9 Å². The predicted octanol–water partition coefficient (Wildman–Crippen LogP) is 4.13. The molecule has 7 heteroatoms. The number of amides is 1. The number of thiophene rings is 1. The predicted molar refractivity (Wildman–Crippen MR) is 131 cm³/mol. The van der Waals surface area contributed by atoms with E-state index < -0.39 is 0 Å². The van der Waals surface area contributed by atoms with Crippen LogP contribution in [0.2, 0.25) is 0 Å². The van der Waals surface area contributed by atoms with E-state index in [1.165, 1.54) is 23.3 Å². The molecule has 1 aliphatic heterocycles. The van der Waals surface area contributed by atoms with Gasteiger partial charge in [0.15, 0.2) is 11.5 Å². The summed E-state index contributed by atoms with van der Waals surface area (Å²) in [6, 6.07) is 9.63. The van der Waals surface area contributed by atoms with Gasteiger partial charge in [-0.1, -0.05) is 25.5 Å². The van der Waals surface area contributed by atoms with Gasteiger partial charge in [-0.3, -0.25) is 9.69 Å². The van der Waals surface area contributed by atoms with E-state index in [0.717, 1.165) is 25.8 Å². The second-order valence-electron chi connectivity index (χ2n) is 9.19. The van der Waals surface area contributed by atoms with Crippen LogP contribution in [-0.4, -0.2) is 66.8 Å². The van der Waals surface area contributed by atoms with Crippen LogP contribution in [0.5, 0.6) is 11.5 Å². The molecule has 0 bridgehead atoms. The molecule has 0 saturated heterocycles. The quantitative estimate of drug-likeness (QED) is 0.503. The van der Waals surface area contributed by atoms with Crippen molar-refractivity contribution in [3.05, 3.63) is 46.2 Å². The molecule has 1 amide bonds. The summed E-state index contributed by atoms with van der Waals surface area (Å²) in [5.41, 5.74) is 1.19. The van der Waals surface area contributed by atoms with Gasteiger partial charge in [0.2, 0.25) is 5.91 Å². The minimum Gasteiger partial charge on any atom is -0.493 e.